The fraction of sp³-hybridized carbons (Fsp3) is 0.533. The molecule has 0 heterocycles. The van der Waals surface area contributed by atoms with Crippen molar-refractivity contribution in [1.29, 1.82) is 0 Å². The maximum absolute atomic E-state index is 12.5. The molecular weight excluding hydrogens is 351 g/mol. The topological polar surface area (TPSA) is 55.1 Å². The first kappa shape index (κ1) is 14.8. The number of amides is 1. The molecule has 3 N–H and O–H groups in total. The van der Waals surface area contributed by atoms with Gasteiger partial charge in [-0.2, -0.15) is 0 Å². The van der Waals surface area contributed by atoms with Gasteiger partial charge in [-0.3, -0.25) is 4.79 Å². The molecule has 0 aliphatic heterocycles. The van der Waals surface area contributed by atoms with E-state index in [1.54, 1.807) is 0 Å². The van der Waals surface area contributed by atoms with Crippen LogP contribution in [0.3, 0.4) is 0 Å². The molecular formula is C15H21IN2O. The summed E-state index contributed by atoms with van der Waals surface area (Å²) in [5.74, 6) is 0.445. The van der Waals surface area contributed by atoms with Crippen LogP contribution in [0.5, 0.6) is 0 Å². The third kappa shape index (κ3) is 3.11. The first-order chi connectivity index (χ1) is 9.09. The largest absolute Gasteiger partial charge is 0.345 e. The Morgan fingerprint density at radius 3 is 2.84 bits per heavy atom. The molecule has 1 aromatic carbocycles. The molecule has 3 nitrogen and oxygen atoms in total. The Balaban J connectivity index is 2.19. The summed E-state index contributed by atoms with van der Waals surface area (Å²) in [5.41, 5.74) is 6.49. The number of nitrogens with two attached hydrogens (primary N) is 1. The minimum Gasteiger partial charge on any atom is -0.345 e. The second-order valence-corrected chi connectivity index (χ2v) is 6.60. The van der Waals surface area contributed by atoms with Crippen LogP contribution in [-0.2, 0) is 0 Å². The minimum absolute atomic E-state index is 0.00389. The van der Waals surface area contributed by atoms with Crippen molar-refractivity contribution in [3.63, 3.8) is 0 Å². The lowest BCUT2D eigenvalue weighted by Crippen LogP contribution is -2.59. The summed E-state index contributed by atoms with van der Waals surface area (Å²) in [6.45, 7) is 2.71. The summed E-state index contributed by atoms with van der Waals surface area (Å²) in [4.78, 5) is 12.5. The summed E-state index contributed by atoms with van der Waals surface area (Å²) in [6.07, 6.45) is 4.51. The van der Waals surface area contributed by atoms with Gasteiger partial charge >= 0.3 is 0 Å². The van der Waals surface area contributed by atoms with E-state index < -0.39 is 0 Å². The zero-order chi connectivity index (χ0) is 13.9. The van der Waals surface area contributed by atoms with Gasteiger partial charge in [0.25, 0.3) is 5.91 Å². The van der Waals surface area contributed by atoms with Crippen molar-refractivity contribution in [1.82, 2.24) is 5.32 Å². The van der Waals surface area contributed by atoms with Gasteiger partial charge in [0.15, 0.2) is 0 Å². The number of hydrogen-bond acceptors (Lipinski definition) is 2. The highest BCUT2D eigenvalue weighted by Crippen LogP contribution is 2.33. The normalized spacial score (nSPS) is 27.0. The van der Waals surface area contributed by atoms with Crippen molar-refractivity contribution in [2.75, 3.05) is 6.54 Å². The van der Waals surface area contributed by atoms with Gasteiger partial charge in [-0.05, 0) is 53.5 Å². The highest BCUT2D eigenvalue weighted by Gasteiger charge is 2.38. The maximum Gasteiger partial charge on any atom is 0.252 e. The van der Waals surface area contributed by atoms with Gasteiger partial charge in [0.1, 0.15) is 0 Å². The summed E-state index contributed by atoms with van der Waals surface area (Å²) >= 11 is 2.20. The number of carbonyl (C=O) groups excluding carboxylic acids is 1. The molecule has 2 unspecified atom stereocenters. The monoisotopic (exact) mass is 372 g/mol. The Hall–Kier alpha value is -0.620. The highest BCUT2D eigenvalue weighted by atomic mass is 127. The highest BCUT2D eigenvalue weighted by molar-refractivity contribution is 14.1. The van der Waals surface area contributed by atoms with Gasteiger partial charge in [0.2, 0.25) is 0 Å². The molecule has 0 bridgehead atoms. The molecule has 0 spiro atoms. The van der Waals surface area contributed by atoms with Crippen LogP contribution in [0.15, 0.2) is 24.3 Å². The quantitative estimate of drug-likeness (QED) is 0.802. The Morgan fingerprint density at radius 2 is 2.21 bits per heavy atom. The Morgan fingerprint density at radius 1 is 1.47 bits per heavy atom. The molecule has 19 heavy (non-hydrogen) atoms. The van der Waals surface area contributed by atoms with Crippen molar-refractivity contribution in [3.05, 3.63) is 33.4 Å². The van der Waals surface area contributed by atoms with Gasteiger partial charge in [-0.25, -0.2) is 0 Å². The minimum atomic E-state index is -0.228. The third-order valence-corrected chi connectivity index (χ3v) is 5.24. The fourth-order valence-electron chi connectivity index (χ4n) is 2.89. The van der Waals surface area contributed by atoms with Crippen molar-refractivity contribution in [3.8, 4) is 0 Å². The number of hydrogen-bond donors (Lipinski definition) is 2. The zero-order valence-corrected chi connectivity index (χ0v) is 13.4. The number of nitrogens with one attached hydrogen (secondary N) is 1. The number of benzene rings is 1. The van der Waals surface area contributed by atoms with E-state index in [-0.39, 0.29) is 11.4 Å². The van der Waals surface area contributed by atoms with Crippen molar-refractivity contribution in [2.45, 2.75) is 38.1 Å². The van der Waals surface area contributed by atoms with Crippen LogP contribution < -0.4 is 11.1 Å². The molecule has 1 aliphatic rings. The van der Waals surface area contributed by atoms with Crippen LogP contribution in [0, 0.1) is 9.49 Å². The zero-order valence-electron chi connectivity index (χ0n) is 11.3. The molecule has 1 fully saturated rings. The van der Waals surface area contributed by atoms with E-state index in [0.29, 0.717) is 12.5 Å². The molecule has 2 rings (SSSR count). The smallest absolute Gasteiger partial charge is 0.252 e. The van der Waals surface area contributed by atoms with Crippen LogP contribution in [-0.4, -0.2) is 18.0 Å². The second kappa shape index (κ2) is 6.22. The lowest BCUT2D eigenvalue weighted by molar-refractivity contribution is 0.0812. The van der Waals surface area contributed by atoms with Gasteiger partial charge in [-0.1, -0.05) is 31.9 Å². The first-order valence-corrected chi connectivity index (χ1v) is 7.94. The molecule has 1 saturated carbocycles. The van der Waals surface area contributed by atoms with E-state index in [1.165, 1.54) is 6.42 Å². The van der Waals surface area contributed by atoms with E-state index in [4.69, 9.17) is 5.73 Å². The molecule has 0 aromatic heterocycles. The van der Waals surface area contributed by atoms with Crippen molar-refractivity contribution in [2.24, 2.45) is 11.7 Å². The average molecular weight is 372 g/mol. The molecule has 0 saturated heterocycles. The second-order valence-electron chi connectivity index (χ2n) is 5.44. The molecule has 1 amide bonds. The van der Waals surface area contributed by atoms with Crippen LogP contribution in [0.25, 0.3) is 0 Å². The van der Waals surface area contributed by atoms with Gasteiger partial charge < -0.3 is 11.1 Å². The molecule has 1 aromatic rings. The summed E-state index contributed by atoms with van der Waals surface area (Å²) in [7, 11) is 0. The summed E-state index contributed by atoms with van der Waals surface area (Å²) in [5, 5.41) is 3.22. The van der Waals surface area contributed by atoms with E-state index >= 15 is 0 Å². The van der Waals surface area contributed by atoms with E-state index in [0.717, 1.165) is 28.4 Å². The van der Waals surface area contributed by atoms with Crippen LogP contribution >= 0.6 is 22.6 Å². The van der Waals surface area contributed by atoms with Crippen molar-refractivity contribution >= 4 is 28.5 Å². The summed E-state index contributed by atoms with van der Waals surface area (Å²) < 4.78 is 0.980. The van der Waals surface area contributed by atoms with Crippen molar-refractivity contribution < 1.29 is 4.79 Å². The van der Waals surface area contributed by atoms with E-state index in [9.17, 15) is 4.79 Å². The predicted octanol–water partition coefficient (Wildman–Crippen LogP) is 2.93. The van der Waals surface area contributed by atoms with Gasteiger partial charge in [-0.15, -0.1) is 0 Å². The lowest BCUT2D eigenvalue weighted by atomic mass is 9.73. The molecule has 1 aliphatic carbocycles. The lowest BCUT2D eigenvalue weighted by Gasteiger charge is -2.42. The average Bonchev–Trinajstić information content (AvgIpc) is 2.42. The fourth-order valence-corrected chi connectivity index (χ4v) is 3.52. The SMILES string of the molecule is CC1CCCCC1(CN)NC(=O)c1ccccc1I. The van der Waals surface area contributed by atoms with Crippen LogP contribution in [0.1, 0.15) is 43.0 Å². The number of rotatable bonds is 3. The van der Waals surface area contributed by atoms with E-state index in [1.807, 2.05) is 24.3 Å². The first-order valence-electron chi connectivity index (χ1n) is 6.86. The Labute approximate surface area is 128 Å². The van der Waals surface area contributed by atoms with Gasteiger partial charge in [0, 0.05) is 10.1 Å². The standard InChI is InChI=1S/C15H21IN2O/c1-11-6-4-5-9-15(11,10-17)18-14(19)12-7-2-3-8-13(12)16/h2-3,7-8,11H,4-6,9-10,17H2,1H3,(H,18,19). The third-order valence-electron chi connectivity index (χ3n) is 4.30. The molecule has 4 heteroatoms. The predicted molar refractivity (Wildman–Crippen MR) is 86.0 cm³/mol. The van der Waals surface area contributed by atoms with Crippen LogP contribution in [0.4, 0.5) is 0 Å². The number of carbonyl (C=O) groups is 1. The molecule has 0 radical (unpaired) electrons. The Kier molecular flexibility index (Phi) is 4.84. The molecule has 2 atom stereocenters. The summed E-state index contributed by atoms with van der Waals surface area (Å²) in [6, 6.07) is 7.67. The van der Waals surface area contributed by atoms with E-state index in [2.05, 4.69) is 34.8 Å². The Bertz CT molecular complexity index is 463. The van der Waals surface area contributed by atoms with Crippen LogP contribution in [0.2, 0.25) is 0 Å². The number of halogens is 1. The maximum atomic E-state index is 12.5. The van der Waals surface area contributed by atoms with Gasteiger partial charge in [0.05, 0.1) is 11.1 Å². The molecule has 104 valence electrons.